The SMILES string of the molecule is CCn1c(C(Cl)=Cc2ccc(O)c([N+](=O)[O-])c2)nc2cc(S(=O)(=O)N3CCOCC3)ccc21. The maximum absolute atomic E-state index is 13.0. The average Bonchev–Trinajstić information content (AvgIpc) is 3.18. The van der Waals surface area contributed by atoms with E-state index in [4.69, 9.17) is 16.3 Å². The Bertz CT molecular complexity index is 1360. The Labute approximate surface area is 194 Å². The smallest absolute Gasteiger partial charge is 0.311 e. The van der Waals surface area contributed by atoms with Crippen molar-refractivity contribution < 1.29 is 23.2 Å². The first kappa shape index (κ1) is 23.2. The molecule has 2 aromatic carbocycles. The van der Waals surface area contributed by atoms with Crippen molar-refractivity contribution in [3.8, 4) is 5.75 Å². The Hall–Kier alpha value is -2.99. The summed E-state index contributed by atoms with van der Waals surface area (Å²) in [6.45, 7) is 3.71. The number of nitrogens with zero attached hydrogens (tertiary/aromatic N) is 4. The van der Waals surface area contributed by atoms with E-state index in [2.05, 4.69) is 4.98 Å². The van der Waals surface area contributed by atoms with Crippen molar-refractivity contribution in [1.29, 1.82) is 0 Å². The minimum absolute atomic E-state index is 0.137. The summed E-state index contributed by atoms with van der Waals surface area (Å²) in [5.74, 6) is -0.0473. The highest BCUT2D eigenvalue weighted by Crippen LogP contribution is 2.31. The van der Waals surface area contributed by atoms with E-state index >= 15 is 0 Å². The molecule has 1 aliphatic heterocycles. The Balaban J connectivity index is 1.75. The minimum Gasteiger partial charge on any atom is -0.502 e. The zero-order valence-corrected chi connectivity index (χ0v) is 19.2. The predicted octanol–water partition coefficient (Wildman–Crippen LogP) is 3.43. The first-order valence-electron chi connectivity index (χ1n) is 10.2. The van der Waals surface area contributed by atoms with Gasteiger partial charge in [0, 0.05) is 25.7 Å². The van der Waals surface area contributed by atoms with Crippen LogP contribution in [0.25, 0.3) is 22.1 Å². The second-order valence-corrected chi connectivity index (χ2v) is 9.69. The number of phenolic OH excluding ortho intramolecular Hbond substituents is 1. The highest BCUT2D eigenvalue weighted by Gasteiger charge is 2.27. The van der Waals surface area contributed by atoms with Gasteiger partial charge in [0.1, 0.15) is 0 Å². The molecule has 1 aromatic heterocycles. The number of hydrogen-bond acceptors (Lipinski definition) is 7. The molecule has 1 aliphatic rings. The van der Waals surface area contributed by atoms with Crippen LogP contribution in [-0.2, 0) is 21.3 Å². The molecule has 1 fully saturated rings. The second-order valence-electron chi connectivity index (χ2n) is 7.34. The molecule has 4 rings (SSSR count). The molecule has 1 saturated heterocycles. The number of phenols is 1. The van der Waals surface area contributed by atoms with Crippen molar-refractivity contribution in [1.82, 2.24) is 13.9 Å². The quantitative estimate of drug-likeness (QED) is 0.412. The number of imidazole rings is 1. The lowest BCUT2D eigenvalue weighted by molar-refractivity contribution is -0.385. The van der Waals surface area contributed by atoms with Crippen LogP contribution in [0.5, 0.6) is 5.75 Å². The third kappa shape index (κ3) is 4.44. The van der Waals surface area contributed by atoms with E-state index < -0.39 is 26.4 Å². The van der Waals surface area contributed by atoms with Crippen LogP contribution in [0.1, 0.15) is 18.3 Å². The normalized spacial score (nSPS) is 15.8. The summed E-state index contributed by atoms with van der Waals surface area (Å²) < 4.78 is 34.5. The van der Waals surface area contributed by atoms with Crippen LogP contribution < -0.4 is 0 Å². The summed E-state index contributed by atoms with van der Waals surface area (Å²) in [5.41, 5.74) is 1.14. The molecule has 3 aromatic rings. The van der Waals surface area contributed by atoms with Gasteiger partial charge in [-0.2, -0.15) is 4.31 Å². The van der Waals surface area contributed by atoms with Crippen molar-refractivity contribution in [3.63, 3.8) is 0 Å². The lowest BCUT2D eigenvalue weighted by Crippen LogP contribution is -2.40. The Morgan fingerprint density at radius 3 is 2.67 bits per heavy atom. The largest absolute Gasteiger partial charge is 0.502 e. The molecule has 0 aliphatic carbocycles. The summed E-state index contributed by atoms with van der Waals surface area (Å²) in [6.07, 6.45) is 1.51. The van der Waals surface area contributed by atoms with Crippen LogP contribution in [0.4, 0.5) is 5.69 Å². The van der Waals surface area contributed by atoms with E-state index in [1.165, 1.54) is 34.6 Å². The van der Waals surface area contributed by atoms with E-state index in [0.717, 1.165) is 0 Å². The summed E-state index contributed by atoms with van der Waals surface area (Å²) in [5, 5.41) is 21.0. The Morgan fingerprint density at radius 1 is 1.27 bits per heavy atom. The number of morpholine rings is 1. The molecular weight excluding hydrogens is 472 g/mol. The fraction of sp³-hybridized carbons (Fsp3) is 0.286. The van der Waals surface area contributed by atoms with Crippen molar-refractivity contribution in [2.24, 2.45) is 0 Å². The van der Waals surface area contributed by atoms with E-state index in [1.54, 1.807) is 12.1 Å². The molecule has 0 spiro atoms. The van der Waals surface area contributed by atoms with E-state index in [-0.39, 0.29) is 9.93 Å². The lowest BCUT2D eigenvalue weighted by atomic mass is 10.1. The molecule has 0 amide bonds. The first-order chi connectivity index (χ1) is 15.7. The molecule has 0 radical (unpaired) electrons. The number of aryl methyl sites for hydroxylation is 1. The summed E-state index contributed by atoms with van der Waals surface area (Å²) in [6, 6.07) is 8.69. The summed E-state index contributed by atoms with van der Waals surface area (Å²) >= 11 is 6.52. The number of nitro benzene ring substituents is 1. The van der Waals surface area contributed by atoms with Crippen LogP contribution in [0.3, 0.4) is 0 Å². The van der Waals surface area contributed by atoms with Gasteiger partial charge in [-0.25, -0.2) is 13.4 Å². The van der Waals surface area contributed by atoms with Gasteiger partial charge < -0.3 is 14.4 Å². The number of hydrogen-bond donors (Lipinski definition) is 1. The third-order valence-electron chi connectivity index (χ3n) is 5.35. The molecule has 2 heterocycles. The maximum Gasteiger partial charge on any atom is 0.311 e. The topological polar surface area (TPSA) is 128 Å². The second kappa shape index (κ2) is 9.10. The van der Waals surface area contributed by atoms with Crippen molar-refractivity contribution in [2.75, 3.05) is 26.3 Å². The molecule has 12 heteroatoms. The van der Waals surface area contributed by atoms with Crippen LogP contribution >= 0.6 is 11.6 Å². The van der Waals surface area contributed by atoms with Gasteiger partial charge in [0.05, 0.1) is 39.1 Å². The number of fused-ring (bicyclic) bond motifs is 1. The highest BCUT2D eigenvalue weighted by molar-refractivity contribution is 7.89. The van der Waals surface area contributed by atoms with Gasteiger partial charge in [-0.1, -0.05) is 17.7 Å². The molecule has 0 saturated carbocycles. The molecule has 10 nitrogen and oxygen atoms in total. The third-order valence-corrected chi connectivity index (χ3v) is 7.52. The van der Waals surface area contributed by atoms with Crippen molar-refractivity contribution >= 4 is 49.5 Å². The van der Waals surface area contributed by atoms with Crippen LogP contribution in [0.2, 0.25) is 0 Å². The molecule has 174 valence electrons. The fourth-order valence-corrected chi connectivity index (χ4v) is 5.39. The van der Waals surface area contributed by atoms with Crippen LogP contribution in [0, 0.1) is 10.1 Å². The van der Waals surface area contributed by atoms with Gasteiger partial charge in [0.2, 0.25) is 10.0 Å². The van der Waals surface area contributed by atoms with Gasteiger partial charge in [-0.3, -0.25) is 10.1 Å². The van der Waals surface area contributed by atoms with Crippen LogP contribution in [-0.4, -0.2) is 58.6 Å². The Kier molecular flexibility index (Phi) is 6.39. The van der Waals surface area contributed by atoms with E-state index in [1.807, 2.05) is 11.5 Å². The molecule has 0 unspecified atom stereocenters. The van der Waals surface area contributed by atoms with Gasteiger partial charge in [-0.05, 0) is 42.8 Å². The van der Waals surface area contributed by atoms with Crippen molar-refractivity contribution in [2.45, 2.75) is 18.4 Å². The number of rotatable bonds is 6. The number of halogens is 1. The number of ether oxygens (including phenoxy) is 1. The van der Waals surface area contributed by atoms with Gasteiger partial charge >= 0.3 is 5.69 Å². The molecule has 1 N–H and O–H groups in total. The summed E-state index contributed by atoms with van der Waals surface area (Å²) in [7, 11) is -3.68. The standard InChI is InChI=1S/C21H21ClN4O6S/c1-2-25-18-5-4-15(33(30,31)24-7-9-32-10-8-24)13-17(18)23-21(25)16(22)11-14-3-6-20(27)19(12-14)26(28)29/h3-6,11-13,27H,2,7-10H2,1H3. The van der Waals surface area contributed by atoms with Gasteiger partial charge in [0.15, 0.2) is 11.6 Å². The minimum atomic E-state index is -3.68. The lowest BCUT2D eigenvalue weighted by Gasteiger charge is -2.26. The maximum atomic E-state index is 13.0. The van der Waals surface area contributed by atoms with E-state index in [9.17, 15) is 23.6 Å². The monoisotopic (exact) mass is 492 g/mol. The van der Waals surface area contributed by atoms with Gasteiger partial charge in [-0.15, -0.1) is 0 Å². The molecular formula is C21H21ClN4O6S. The predicted molar refractivity (Wildman–Crippen MR) is 123 cm³/mol. The molecule has 0 bridgehead atoms. The highest BCUT2D eigenvalue weighted by atomic mass is 35.5. The van der Waals surface area contributed by atoms with Gasteiger partial charge in [0.25, 0.3) is 0 Å². The summed E-state index contributed by atoms with van der Waals surface area (Å²) in [4.78, 5) is 15.1. The fourth-order valence-electron chi connectivity index (χ4n) is 3.70. The number of nitro groups is 1. The molecule has 33 heavy (non-hydrogen) atoms. The van der Waals surface area contributed by atoms with E-state index in [0.29, 0.717) is 55.3 Å². The molecule has 0 atom stereocenters. The number of aromatic hydroxyl groups is 1. The van der Waals surface area contributed by atoms with Crippen molar-refractivity contribution in [3.05, 3.63) is 57.9 Å². The number of benzene rings is 2. The number of aromatic nitrogens is 2. The Morgan fingerprint density at radius 2 is 2.00 bits per heavy atom. The van der Waals surface area contributed by atoms with Crippen LogP contribution in [0.15, 0.2) is 41.3 Å². The zero-order valence-electron chi connectivity index (χ0n) is 17.6. The number of sulfonamides is 1. The average molecular weight is 493 g/mol. The zero-order chi connectivity index (χ0) is 23.8. The first-order valence-corrected chi connectivity index (χ1v) is 12.0.